The number of carbonyl (C=O) groups is 1. The van der Waals surface area contributed by atoms with Crippen molar-refractivity contribution in [3.63, 3.8) is 0 Å². The summed E-state index contributed by atoms with van der Waals surface area (Å²) in [6.07, 6.45) is 4.17. The highest BCUT2D eigenvalue weighted by atomic mass is 32.1. The van der Waals surface area contributed by atoms with E-state index in [4.69, 9.17) is 0 Å². The van der Waals surface area contributed by atoms with Crippen LogP contribution in [0, 0.1) is 5.82 Å². The third kappa shape index (κ3) is 3.07. The Balaban J connectivity index is 1.83. The van der Waals surface area contributed by atoms with Crippen LogP contribution in [0.4, 0.5) is 4.39 Å². The molecule has 4 heteroatoms. The minimum atomic E-state index is -0.417. The maximum atomic E-state index is 14.4. The second-order valence-electron chi connectivity index (χ2n) is 5.67. The number of hydrogen-bond donors (Lipinski definition) is 0. The van der Waals surface area contributed by atoms with Gasteiger partial charge in [0.2, 0.25) is 0 Å². The maximum absolute atomic E-state index is 14.4. The van der Waals surface area contributed by atoms with Crippen molar-refractivity contribution in [2.45, 2.75) is 32.6 Å². The van der Waals surface area contributed by atoms with Gasteiger partial charge in [-0.05, 0) is 55.5 Å². The molecule has 0 atom stereocenters. The van der Waals surface area contributed by atoms with E-state index >= 15 is 0 Å². The first-order chi connectivity index (χ1) is 10.7. The topological polar surface area (TPSA) is 20.3 Å². The first-order valence-corrected chi connectivity index (χ1v) is 8.68. The molecular formula is C18H20FNOS. The molecule has 0 spiro atoms. The molecule has 0 N–H and O–H groups in total. The Hall–Kier alpha value is -1.68. The van der Waals surface area contributed by atoms with E-state index in [1.807, 2.05) is 12.1 Å². The van der Waals surface area contributed by atoms with Crippen molar-refractivity contribution in [2.24, 2.45) is 0 Å². The Bertz CT molecular complexity index is 673. The lowest BCUT2D eigenvalue weighted by Crippen LogP contribution is -2.36. The summed E-state index contributed by atoms with van der Waals surface area (Å²) in [6, 6.07) is 9.07. The molecule has 116 valence electrons. The van der Waals surface area contributed by atoms with E-state index in [2.05, 4.69) is 13.0 Å². The summed E-state index contributed by atoms with van der Waals surface area (Å²) < 4.78 is 14.4. The number of rotatable bonds is 3. The van der Waals surface area contributed by atoms with Crippen molar-refractivity contribution < 1.29 is 9.18 Å². The van der Waals surface area contributed by atoms with E-state index in [0.717, 1.165) is 49.2 Å². The summed E-state index contributed by atoms with van der Waals surface area (Å²) >= 11 is 1.67. The van der Waals surface area contributed by atoms with Gasteiger partial charge >= 0.3 is 0 Å². The van der Waals surface area contributed by atoms with Crippen LogP contribution in [0.1, 0.15) is 41.4 Å². The van der Waals surface area contributed by atoms with Crippen molar-refractivity contribution in [1.29, 1.82) is 0 Å². The SMILES string of the molecule is CCc1ccc(-c2ccc(C(=O)N3CCCCC3)c(F)c2)s1. The Labute approximate surface area is 134 Å². The highest BCUT2D eigenvalue weighted by Gasteiger charge is 2.21. The van der Waals surface area contributed by atoms with Crippen molar-refractivity contribution in [3.05, 3.63) is 46.6 Å². The average Bonchev–Trinajstić information content (AvgIpc) is 3.04. The number of hydrogen-bond acceptors (Lipinski definition) is 2. The average molecular weight is 317 g/mol. The Kier molecular flexibility index (Phi) is 4.57. The molecule has 0 radical (unpaired) electrons. The first kappa shape index (κ1) is 15.2. The number of carbonyl (C=O) groups excluding carboxylic acids is 1. The molecule has 0 unspecified atom stereocenters. The summed E-state index contributed by atoms with van der Waals surface area (Å²) in [4.78, 5) is 16.5. The van der Waals surface area contributed by atoms with Crippen molar-refractivity contribution in [3.8, 4) is 10.4 Å². The monoisotopic (exact) mass is 317 g/mol. The molecule has 0 bridgehead atoms. The summed E-state index contributed by atoms with van der Waals surface area (Å²) in [5.74, 6) is -0.594. The fourth-order valence-corrected chi connectivity index (χ4v) is 3.78. The van der Waals surface area contributed by atoms with E-state index < -0.39 is 5.82 Å². The van der Waals surface area contributed by atoms with Crippen LogP contribution in [-0.2, 0) is 6.42 Å². The molecular weight excluding hydrogens is 297 g/mol. The number of benzene rings is 1. The van der Waals surface area contributed by atoms with E-state index in [1.54, 1.807) is 22.3 Å². The smallest absolute Gasteiger partial charge is 0.256 e. The number of amides is 1. The van der Waals surface area contributed by atoms with Gasteiger partial charge in [-0.2, -0.15) is 0 Å². The second kappa shape index (κ2) is 6.61. The van der Waals surface area contributed by atoms with Gasteiger partial charge in [-0.1, -0.05) is 13.0 Å². The number of thiophene rings is 1. The quantitative estimate of drug-likeness (QED) is 0.800. The van der Waals surface area contributed by atoms with Crippen LogP contribution in [0.5, 0.6) is 0 Å². The molecule has 2 nitrogen and oxygen atoms in total. The third-order valence-corrected chi connectivity index (χ3v) is 5.42. The number of aryl methyl sites for hydroxylation is 1. The Morgan fingerprint density at radius 2 is 1.95 bits per heavy atom. The van der Waals surface area contributed by atoms with Crippen LogP contribution in [0.15, 0.2) is 30.3 Å². The molecule has 2 aromatic rings. The summed E-state index contributed by atoms with van der Waals surface area (Å²) in [6.45, 7) is 3.59. The van der Waals surface area contributed by atoms with Gasteiger partial charge in [0.1, 0.15) is 5.82 Å². The zero-order valence-electron chi connectivity index (χ0n) is 12.8. The predicted molar refractivity (Wildman–Crippen MR) is 88.8 cm³/mol. The van der Waals surface area contributed by atoms with Gasteiger partial charge < -0.3 is 4.90 Å². The van der Waals surface area contributed by atoms with Crippen LogP contribution in [0.3, 0.4) is 0 Å². The molecule has 1 aromatic carbocycles. The molecule has 2 heterocycles. The van der Waals surface area contributed by atoms with E-state index in [0.29, 0.717) is 0 Å². The fourth-order valence-electron chi connectivity index (χ4n) is 2.83. The predicted octanol–water partition coefficient (Wildman–Crippen LogP) is 4.74. The van der Waals surface area contributed by atoms with Crippen LogP contribution in [-0.4, -0.2) is 23.9 Å². The van der Waals surface area contributed by atoms with Gasteiger partial charge in [-0.3, -0.25) is 4.79 Å². The van der Waals surface area contributed by atoms with Gasteiger partial charge in [0.05, 0.1) is 5.56 Å². The molecule has 0 saturated carbocycles. The Morgan fingerprint density at radius 1 is 1.18 bits per heavy atom. The molecule has 22 heavy (non-hydrogen) atoms. The lowest BCUT2D eigenvalue weighted by atomic mass is 10.1. The fraction of sp³-hybridized carbons (Fsp3) is 0.389. The molecule has 1 fully saturated rings. The van der Waals surface area contributed by atoms with Crippen molar-refractivity contribution >= 4 is 17.2 Å². The van der Waals surface area contributed by atoms with E-state index in [9.17, 15) is 9.18 Å². The second-order valence-corrected chi connectivity index (χ2v) is 6.84. The minimum absolute atomic E-state index is 0.177. The molecule has 1 saturated heterocycles. The zero-order chi connectivity index (χ0) is 15.5. The van der Waals surface area contributed by atoms with E-state index in [1.165, 1.54) is 10.9 Å². The highest BCUT2D eigenvalue weighted by Crippen LogP contribution is 2.30. The molecule has 3 rings (SSSR count). The molecule has 0 aliphatic carbocycles. The largest absolute Gasteiger partial charge is 0.339 e. The van der Waals surface area contributed by atoms with Crippen LogP contribution in [0.2, 0.25) is 0 Å². The van der Waals surface area contributed by atoms with Crippen LogP contribution >= 0.6 is 11.3 Å². The van der Waals surface area contributed by atoms with Crippen molar-refractivity contribution in [1.82, 2.24) is 4.90 Å². The van der Waals surface area contributed by atoms with Crippen LogP contribution < -0.4 is 0 Å². The standard InChI is InChI=1S/C18H20FNOS/c1-2-14-7-9-17(22-14)13-6-8-15(16(19)12-13)18(21)20-10-4-3-5-11-20/h6-9,12H,2-5,10-11H2,1H3. The van der Waals surface area contributed by atoms with E-state index in [-0.39, 0.29) is 11.5 Å². The number of halogens is 1. The van der Waals surface area contributed by atoms with Gasteiger partial charge in [0.25, 0.3) is 5.91 Å². The van der Waals surface area contributed by atoms with Gasteiger partial charge in [-0.15, -0.1) is 11.3 Å². The Morgan fingerprint density at radius 3 is 2.59 bits per heavy atom. The molecule has 1 amide bonds. The number of likely N-dealkylation sites (tertiary alicyclic amines) is 1. The number of piperidine rings is 1. The van der Waals surface area contributed by atoms with Gasteiger partial charge in [0, 0.05) is 22.8 Å². The van der Waals surface area contributed by atoms with Crippen LogP contribution in [0.25, 0.3) is 10.4 Å². The lowest BCUT2D eigenvalue weighted by molar-refractivity contribution is 0.0719. The summed E-state index contributed by atoms with van der Waals surface area (Å²) in [7, 11) is 0. The third-order valence-electron chi connectivity index (χ3n) is 4.14. The summed E-state index contributed by atoms with van der Waals surface area (Å²) in [5.41, 5.74) is 1.04. The van der Waals surface area contributed by atoms with Gasteiger partial charge in [-0.25, -0.2) is 4.39 Å². The lowest BCUT2D eigenvalue weighted by Gasteiger charge is -2.26. The zero-order valence-corrected chi connectivity index (χ0v) is 13.6. The highest BCUT2D eigenvalue weighted by molar-refractivity contribution is 7.15. The first-order valence-electron chi connectivity index (χ1n) is 7.87. The minimum Gasteiger partial charge on any atom is -0.339 e. The maximum Gasteiger partial charge on any atom is 0.256 e. The van der Waals surface area contributed by atoms with Crippen molar-refractivity contribution in [2.75, 3.05) is 13.1 Å². The molecule has 1 aliphatic rings. The molecule has 1 aliphatic heterocycles. The summed E-state index contributed by atoms with van der Waals surface area (Å²) in [5, 5.41) is 0. The number of nitrogens with zero attached hydrogens (tertiary/aromatic N) is 1. The van der Waals surface area contributed by atoms with Gasteiger partial charge in [0.15, 0.2) is 0 Å². The normalized spacial score (nSPS) is 15.1. The molecule has 1 aromatic heterocycles.